The van der Waals surface area contributed by atoms with Crippen molar-refractivity contribution in [3.8, 4) is 0 Å². The highest BCUT2D eigenvalue weighted by Gasteiger charge is 2.17. The minimum atomic E-state index is 0.686. The van der Waals surface area contributed by atoms with Crippen LogP contribution in [0, 0.1) is 0 Å². The van der Waals surface area contributed by atoms with E-state index in [-0.39, 0.29) is 0 Å². The van der Waals surface area contributed by atoms with Gasteiger partial charge in [0.2, 0.25) is 0 Å². The van der Waals surface area contributed by atoms with Gasteiger partial charge in [-0.25, -0.2) is 0 Å². The van der Waals surface area contributed by atoms with E-state index >= 15 is 0 Å². The molecular weight excluding hydrogens is 188 g/mol. The first-order valence-electron chi connectivity index (χ1n) is 4.88. The maximum absolute atomic E-state index is 8.96. The third kappa shape index (κ3) is 1.09. The van der Waals surface area contributed by atoms with Gasteiger partial charge in [-0.15, -0.1) is 0 Å². The lowest BCUT2D eigenvalue weighted by atomic mass is 9.99. The molecule has 0 spiro atoms. The maximum atomic E-state index is 8.96. The predicted octanol–water partition coefficient (Wildman–Crippen LogP) is 2.76. The number of oxime groups is 1. The van der Waals surface area contributed by atoms with Crippen molar-refractivity contribution in [2.75, 3.05) is 0 Å². The number of fused-ring (bicyclic) bond motifs is 3. The largest absolute Gasteiger partial charge is 0.411 e. The molecule has 1 heterocycles. The molecule has 0 radical (unpaired) electrons. The van der Waals surface area contributed by atoms with Crippen LogP contribution in [-0.2, 0) is 0 Å². The fourth-order valence-corrected chi connectivity index (χ4v) is 2.08. The lowest BCUT2D eigenvalue weighted by Crippen LogP contribution is -2.04. The van der Waals surface area contributed by atoms with Crippen LogP contribution in [0.15, 0.2) is 35.5 Å². The van der Waals surface area contributed by atoms with Crippen molar-refractivity contribution in [1.82, 2.24) is 4.98 Å². The van der Waals surface area contributed by atoms with Gasteiger partial charge in [0.15, 0.2) is 0 Å². The zero-order valence-electron chi connectivity index (χ0n) is 8.07. The number of nitrogens with one attached hydrogen (secondary N) is 1. The Labute approximate surface area is 86.7 Å². The number of rotatable bonds is 0. The molecule has 0 unspecified atom stereocenters. The molecule has 2 N–H and O–H groups in total. The summed E-state index contributed by atoms with van der Waals surface area (Å²) in [6.07, 6.45) is 4.71. The van der Waals surface area contributed by atoms with Crippen LogP contribution in [0.5, 0.6) is 0 Å². The van der Waals surface area contributed by atoms with E-state index in [1.165, 1.54) is 0 Å². The molecule has 0 aliphatic heterocycles. The number of para-hydroxylation sites is 1. The van der Waals surface area contributed by atoms with Crippen LogP contribution in [0.3, 0.4) is 0 Å². The molecule has 1 aromatic carbocycles. The van der Waals surface area contributed by atoms with Gasteiger partial charge in [0.1, 0.15) is 0 Å². The number of benzene rings is 1. The van der Waals surface area contributed by atoms with E-state index in [2.05, 4.69) is 10.1 Å². The zero-order valence-corrected chi connectivity index (χ0v) is 8.07. The maximum Gasteiger partial charge on any atom is 0.0933 e. The van der Waals surface area contributed by atoms with Crippen molar-refractivity contribution in [1.29, 1.82) is 0 Å². The van der Waals surface area contributed by atoms with Crippen molar-refractivity contribution in [3.63, 3.8) is 0 Å². The van der Waals surface area contributed by atoms with Gasteiger partial charge in [0, 0.05) is 28.6 Å². The van der Waals surface area contributed by atoms with Gasteiger partial charge in [-0.2, -0.15) is 0 Å². The summed E-state index contributed by atoms with van der Waals surface area (Å²) >= 11 is 0. The smallest absolute Gasteiger partial charge is 0.0933 e. The molecule has 15 heavy (non-hydrogen) atoms. The summed E-state index contributed by atoms with van der Waals surface area (Å²) in [4.78, 5) is 3.30. The molecule has 0 saturated heterocycles. The van der Waals surface area contributed by atoms with Crippen molar-refractivity contribution in [2.24, 2.45) is 5.16 Å². The lowest BCUT2D eigenvalue weighted by molar-refractivity contribution is 0.318. The van der Waals surface area contributed by atoms with Crippen LogP contribution in [0.1, 0.15) is 17.7 Å². The molecule has 0 amide bonds. The van der Waals surface area contributed by atoms with E-state index in [1.807, 2.05) is 36.4 Å². The Morgan fingerprint density at radius 3 is 3.00 bits per heavy atom. The van der Waals surface area contributed by atoms with Crippen molar-refractivity contribution in [2.45, 2.75) is 6.42 Å². The average molecular weight is 198 g/mol. The first kappa shape index (κ1) is 8.29. The highest BCUT2D eigenvalue weighted by Crippen LogP contribution is 2.27. The summed E-state index contributed by atoms with van der Waals surface area (Å²) < 4.78 is 0. The molecular formula is C12H10N2O. The molecule has 0 atom stereocenters. The van der Waals surface area contributed by atoms with Crippen LogP contribution in [0.4, 0.5) is 0 Å². The van der Waals surface area contributed by atoms with Crippen LogP contribution in [0.25, 0.3) is 17.0 Å². The second-order valence-corrected chi connectivity index (χ2v) is 3.61. The molecule has 0 fully saturated rings. The molecule has 1 aromatic heterocycles. The Morgan fingerprint density at radius 1 is 1.27 bits per heavy atom. The van der Waals surface area contributed by atoms with E-state index in [9.17, 15) is 0 Å². The number of H-pyrrole nitrogens is 1. The highest BCUT2D eigenvalue weighted by atomic mass is 16.4. The third-order valence-corrected chi connectivity index (χ3v) is 2.74. The Bertz CT molecular complexity index is 578. The topological polar surface area (TPSA) is 48.4 Å². The summed E-state index contributed by atoms with van der Waals surface area (Å²) in [7, 11) is 0. The molecule has 1 aliphatic carbocycles. The van der Waals surface area contributed by atoms with E-state index < -0.39 is 0 Å². The third-order valence-electron chi connectivity index (χ3n) is 2.74. The van der Waals surface area contributed by atoms with Crippen LogP contribution < -0.4 is 0 Å². The second-order valence-electron chi connectivity index (χ2n) is 3.61. The number of aromatic amines is 1. The van der Waals surface area contributed by atoms with Crippen LogP contribution >= 0.6 is 0 Å². The van der Waals surface area contributed by atoms with Crippen LogP contribution in [0.2, 0.25) is 0 Å². The summed E-state index contributed by atoms with van der Waals surface area (Å²) in [6.45, 7) is 0. The van der Waals surface area contributed by atoms with Gasteiger partial charge in [-0.1, -0.05) is 29.4 Å². The van der Waals surface area contributed by atoms with E-state index in [0.29, 0.717) is 6.42 Å². The first-order chi connectivity index (χ1) is 7.40. The number of hydrogen-bond acceptors (Lipinski definition) is 2. The summed E-state index contributed by atoms with van der Waals surface area (Å²) in [6, 6.07) is 8.04. The minimum absolute atomic E-state index is 0.686. The first-order valence-corrected chi connectivity index (χ1v) is 4.88. The van der Waals surface area contributed by atoms with E-state index in [1.54, 1.807) is 0 Å². The number of nitrogens with zero attached hydrogens (tertiary/aromatic N) is 1. The van der Waals surface area contributed by atoms with Crippen molar-refractivity contribution < 1.29 is 5.21 Å². The van der Waals surface area contributed by atoms with Crippen LogP contribution in [-0.4, -0.2) is 15.9 Å². The normalized spacial score (nSPS) is 17.2. The standard InChI is InChI=1S/C12H10N2O/c15-14-11-7-3-6-10-12(11)8-4-1-2-5-9(8)13-10/h1-6,13,15H,7H2. The molecule has 74 valence electrons. The van der Waals surface area contributed by atoms with E-state index in [0.717, 1.165) is 27.9 Å². The lowest BCUT2D eigenvalue weighted by Gasteiger charge is -2.06. The second kappa shape index (κ2) is 2.98. The molecule has 2 aromatic rings. The van der Waals surface area contributed by atoms with Gasteiger partial charge in [0.05, 0.1) is 5.71 Å². The molecule has 3 heteroatoms. The summed E-state index contributed by atoms with van der Waals surface area (Å²) in [5, 5.41) is 13.4. The van der Waals surface area contributed by atoms with E-state index in [4.69, 9.17) is 5.21 Å². The Morgan fingerprint density at radius 2 is 2.13 bits per heavy atom. The average Bonchev–Trinajstić information content (AvgIpc) is 2.67. The Balaban J connectivity index is 2.42. The zero-order chi connectivity index (χ0) is 10.3. The predicted molar refractivity (Wildman–Crippen MR) is 60.3 cm³/mol. The van der Waals surface area contributed by atoms with Crippen molar-refractivity contribution in [3.05, 3.63) is 41.6 Å². The monoisotopic (exact) mass is 198 g/mol. The summed E-state index contributed by atoms with van der Waals surface area (Å²) in [5.41, 5.74) is 3.85. The fraction of sp³-hybridized carbons (Fsp3) is 0.0833. The van der Waals surface area contributed by atoms with Crippen molar-refractivity contribution >= 4 is 22.7 Å². The van der Waals surface area contributed by atoms with Gasteiger partial charge >= 0.3 is 0 Å². The number of hydrogen-bond donors (Lipinski definition) is 2. The van der Waals surface area contributed by atoms with Gasteiger partial charge in [0.25, 0.3) is 0 Å². The quantitative estimate of drug-likeness (QED) is 0.496. The number of aromatic nitrogens is 1. The Kier molecular flexibility index (Phi) is 1.65. The fourth-order valence-electron chi connectivity index (χ4n) is 2.08. The van der Waals surface area contributed by atoms with Gasteiger partial charge in [-0.3, -0.25) is 0 Å². The molecule has 3 rings (SSSR count). The SMILES string of the molecule is ON=C1CC=Cc2[nH]c3ccccc3c21. The Hall–Kier alpha value is -2.03. The molecule has 0 bridgehead atoms. The molecule has 0 saturated carbocycles. The van der Waals surface area contributed by atoms with Gasteiger partial charge < -0.3 is 10.2 Å². The highest BCUT2D eigenvalue weighted by molar-refractivity contribution is 6.15. The number of allylic oxidation sites excluding steroid dienone is 1. The molecule has 1 aliphatic rings. The summed E-state index contributed by atoms with van der Waals surface area (Å²) in [5.74, 6) is 0. The molecule has 3 nitrogen and oxygen atoms in total. The van der Waals surface area contributed by atoms with Gasteiger partial charge in [-0.05, 0) is 12.1 Å². The minimum Gasteiger partial charge on any atom is -0.411 e.